The number of hydrogen-bond acceptors (Lipinski definition) is 3. The molecule has 0 radical (unpaired) electrons. The van der Waals surface area contributed by atoms with E-state index in [1.807, 2.05) is 24.3 Å². The van der Waals surface area contributed by atoms with Crippen LogP contribution in [0.25, 0.3) is 0 Å². The molecule has 1 aliphatic rings. The van der Waals surface area contributed by atoms with Gasteiger partial charge in [0, 0.05) is 23.8 Å². The molecule has 1 atom stereocenters. The Morgan fingerprint density at radius 1 is 1.26 bits per heavy atom. The van der Waals surface area contributed by atoms with Crippen molar-refractivity contribution in [1.82, 2.24) is 4.90 Å². The molecule has 1 aromatic rings. The Hall–Kier alpha value is -1.13. The van der Waals surface area contributed by atoms with Crippen LogP contribution in [-0.2, 0) is 0 Å². The van der Waals surface area contributed by atoms with Crippen LogP contribution in [0.2, 0.25) is 0 Å². The first kappa shape index (κ1) is 14.3. The van der Waals surface area contributed by atoms with Gasteiger partial charge in [0.1, 0.15) is 4.99 Å². The second kappa shape index (κ2) is 6.87. The van der Waals surface area contributed by atoms with Crippen molar-refractivity contribution >= 4 is 22.9 Å². The van der Waals surface area contributed by atoms with Crippen LogP contribution in [0.1, 0.15) is 31.7 Å². The molecular formula is C15H23N3S. The Morgan fingerprint density at radius 3 is 2.47 bits per heavy atom. The highest BCUT2D eigenvalue weighted by atomic mass is 32.1. The highest BCUT2D eigenvalue weighted by Gasteiger charge is 2.15. The molecule has 1 saturated heterocycles. The number of hydrogen-bond donors (Lipinski definition) is 2. The number of nitrogens with zero attached hydrogens (tertiary/aromatic N) is 1. The molecule has 0 aliphatic carbocycles. The number of anilines is 1. The molecule has 0 bridgehead atoms. The first-order valence-electron chi connectivity index (χ1n) is 7.04. The summed E-state index contributed by atoms with van der Waals surface area (Å²) in [6, 6.07) is 8.59. The van der Waals surface area contributed by atoms with Gasteiger partial charge in [0.25, 0.3) is 0 Å². The quantitative estimate of drug-likeness (QED) is 0.812. The topological polar surface area (TPSA) is 41.3 Å². The van der Waals surface area contributed by atoms with E-state index < -0.39 is 0 Å². The van der Waals surface area contributed by atoms with Gasteiger partial charge in [-0.2, -0.15) is 0 Å². The fraction of sp³-hybridized carbons (Fsp3) is 0.533. The molecule has 1 heterocycles. The number of likely N-dealkylation sites (tertiary alicyclic amines) is 1. The lowest BCUT2D eigenvalue weighted by Gasteiger charge is -2.32. The standard InChI is InChI=1S/C15H23N3S/c1-12(18-9-3-2-4-10-18)11-17-14-7-5-13(6-8-14)15(16)19/h5-8,12,17H,2-4,9-11H2,1H3,(H2,16,19). The maximum absolute atomic E-state index is 5.59. The van der Waals surface area contributed by atoms with E-state index in [1.54, 1.807) is 0 Å². The normalized spacial score (nSPS) is 17.9. The minimum Gasteiger partial charge on any atom is -0.389 e. The van der Waals surface area contributed by atoms with Crippen molar-refractivity contribution < 1.29 is 0 Å². The molecule has 104 valence electrons. The number of rotatable bonds is 5. The van der Waals surface area contributed by atoms with Gasteiger partial charge >= 0.3 is 0 Å². The third kappa shape index (κ3) is 4.18. The Labute approximate surface area is 121 Å². The number of nitrogens with one attached hydrogen (secondary N) is 1. The number of thiocarbonyl (C=S) groups is 1. The molecule has 1 unspecified atom stereocenters. The van der Waals surface area contributed by atoms with Gasteiger partial charge in [0.05, 0.1) is 0 Å². The van der Waals surface area contributed by atoms with Gasteiger partial charge in [0.2, 0.25) is 0 Å². The second-order valence-corrected chi connectivity index (χ2v) is 5.71. The fourth-order valence-electron chi connectivity index (χ4n) is 2.51. The van der Waals surface area contributed by atoms with Crippen molar-refractivity contribution in [2.45, 2.75) is 32.2 Å². The summed E-state index contributed by atoms with van der Waals surface area (Å²) in [7, 11) is 0. The zero-order valence-corrected chi connectivity index (χ0v) is 12.4. The molecule has 0 amide bonds. The average Bonchev–Trinajstić information content (AvgIpc) is 2.46. The Morgan fingerprint density at radius 2 is 1.89 bits per heavy atom. The van der Waals surface area contributed by atoms with Gasteiger partial charge in [0.15, 0.2) is 0 Å². The van der Waals surface area contributed by atoms with E-state index in [0.717, 1.165) is 17.8 Å². The monoisotopic (exact) mass is 277 g/mol. The zero-order valence-electron chi connectivity index (χ0n) is 11.6. The maximum atomic E-state index is 5.59. The average molecular weight is 277 g/mol. The Balaban J connectivity index is 1.82. The minimum absolute atomic E-state index is 0.452. The molecule has 19 heavy (non-hydrogen) atoms. The van der Waals surface area contributed by atoms with E-state index in [1.165, 1.54) is 32.4 Å². The van der Waals surface area contributed by atoms with Gasteiger partial charge in [-0.25, -0.2) is 0 Å². The van der Waals surface area contributed by atoms with Gasteiger partial charge in [-0.1, -0.05) is 18.6 Å². The highest BCUT2D eigenvalue weighted by molar-refractivity contribution is 7.80. The summed E-state index contributed by atoms with van der Waals surface area (Å²) in [4.78, 5) is 3.02. The molecule has 0 spiro atoms. The first-order chi connectivity index (χ1) is 9.16. The molecule has 0 aromatic heterocycles. The maximum Gasteiger partial charge on any atom is 0.103 e. The third-order valence-corrected chi connectivity index (χ3v) is 4.02. The summed E-state index contributed by atoms with van der Waals surface area (Å²) in [6.45, 7) is 5.75. The molecule has 3 nitrogen and oxygen atoms in total. The smallest absolute Gasteiger partial charge is 0.103 e. The number of piperidine rings is 1. The van der Waals surface area contributed by atoms with Crippen LogP contribution in [0, 0.1) is 0 Å². The van der Waals surface area contributed by atoms with Gasteiger partial charge in [-0.15, -0.1) is 0 Å². The molecule has 1 aliphatic heterocycles. The summed E-state index contributed by atoms with van der Waals surface area (Å²) >= 11 is 4.95. The van der Waals surface area contributed by atoms with E-state index in [4.69, 9.17) is 18.0 Å². The van der Waals surface area contributed by atoms with Crippen molar-refractivity contribution in [3.8, 4) is 0 Å². The van der Waals surface area contributed by atoms with Gasteiger partial charge < -0.3 is 11.1 Å². The number of benzene rings is 1. The second-order valence-electron chi connectivity index (χ2n) is 5.27. The summed E-state index contributed by atoms with van der Waals surface area (Å²) in [6.07, 6.45) is 4.07. The van der Waals surface area contributed by atoms with Crippen LogP contribution >= 0.6 is 12.2 Å². The largest absolute Gasteiger partial charge is 0.389 e. The predicted molar refractivity (Wildman–Crippen MR) is 85.7 cm³/mol. The van der Waals surface area contributed by atoms with Crippen LogP contribution in [0.15, 0.2) is 24.3 Å². The predicted octanol–water partition coefficient (Wildman–Crippen LogP) is 2.61. The summed E-state index contributed by atoms with van der Waals surface area (Å²) in [5.41, 5.74) is 7.64. The fourth-order valence-corrected chi connectivity index (χ4v) is 2.64. The van der Waals surface area contributed by atoms with Crippen molar-refractivity contribution in [2.75, 3.05) is 25.0 Å². The van der Waals surface area contributed by atoms with Crippen LogP contribution < -0.4 is 11.1 Å². The third-order valence-electron chi connectivity index (χ3n) is 3.79. The van der Waals surface area contributed by atoms with Gasteiger partial charge in [-0.05, 0) is 57.1 Å². The van der Waals surface area contributed by atoms with Gasteiger partial charge in [-0.3, -0.25) is 4.90 Å². The van der Waals surface area contributed by atoms with Crippen LogP contribution in [-0.4, -0.2) is 35.6 Å². The number of nitrogens with two attached hydrogens (primary N) is 1. The zero-order chi connectivity index (χ0) is 13.7. The van der Waals surface area contributed by atoms with Crippen molar-refractivity contribution in [3.63, 3.8) is 0 Å². The molecule has 1 aromatic carbocycles. The Bertz CT molecular complexity index is 410. The molecular weight excluding hydrogens is 254 g/mol. The first-order valence-corrected chi connectivity index (χ1v) is 7.45. The summed E-state index contributed by atoms with van der Waals surface area (Å²) < 4.78 is 0. The van der Waals surface area contributed by atoms with Crippen LogP contribution in [0.5, 0.6) is 0 Å². The Kier molecular flexibility index (Phi) is 5.16. The summed E-state index contributed by atoms with van der Waals surface area (Å²) in [5.74, 6) is 0. The minimum atomic E-state index is 0.452. The molecule has 3 N–H and O–H groups in total. The van der Waals surface area contributed by atoms with E-state index >= 15 is 0 Å². The highest BCUT2D eigenvalue weighted by Crippen LogP contribution is 2.14. The lowest BCUT2D eigenvalue weighted by molar-refractivity contribution is 0.180. The van der Waals surface area contributed by atoms with E-state index in [-0.39, 0.29) is 0 Å². The molecule has 2 rings (SSSR count). The van der Waals surface area contributed by atoms with Crippen molar-refractivity contribution in [3.05, 3.63) is 29.8 Å². The van der Waals surface area contributed by atoms with E-state index in [9.17, 15) is 0 Å². The lowest BCUT2D eigenvalue weighted by atomic mass is 10.1. The molecule has 4 heteroatoms. The van der Waals surface area contributed by atoms with Crippen molar-refractivity contribution in [1.29, 1.82) is 0 Å². The lowest BCUT2D eigenvalue weighted by Crippen LogP contribution is -2.41. The van der Waals surface area contributed by atoms with Crippen LogP contribution in [0.4, 0.5) is 5.69 Å². The van der Waals surface area contributed by atoms with E-state index in [0.29, 0.717) is 11.0 Å². The van der Waals surface area contributed by atoms with Crippen LogP contribution in [0.3, 0.4) is 0 Å². The van der Waals surface area contributed by atoms with E-state index in [2.05, 4.69) is 17.1 Å². The summed E-state index contributed by atoms with van der Waals surface area (Å²) in [5, 5.41) is 3.48. The van der Waals surface area contributed by atoms with Crippen molar-refractivity contribution in [2.24, 2.45) is 5.73 Å². The molecule has 1 fully saturated rings. The SMILES string of the molecule is CC(CNc1ccc(C(N)=S)cc1)N1CCCCC1. The molecule has 0 saturated carbocycles.